The summed E-state index contributed by atoms with van der Waals surface area (Å²) < 4.78 is 4.84. The summed E-state index contributed by atoms with van der Waals surface area (Å²) in [6.07, 6.45) is 6.42. The first kappa shape index (κ1) is 16.3. The zero-order valence-corrected chi connectivity index (χ0v) is 13.5. The second-order valence-corrected chi connectivity index (χ2v) is 6.47. The second-order valence-electron chi connectivity index (χ2n) is 6.47. The maximum absolute atomic E-state index is 12.8. The molecule has 2 rings (SSSR count). The summed E-state index contributed by atoms with van der Waals surface area (Å²) in [7, 11) is 1.41. The molecule has 1 saturated heterocycles. The van der Waals surface area contributed by atoms with Crippen molar-refractivity contribution in [2.75, 3.05) is 20.2 Å². The Kier molecular flexibility index (Phi) is 5.62. The predicted octanol–water partition coefficient (Wildman–Crippen LogP) is 1.80. The summed E-state index contributed by atoms with van der Waals surface area (Å²) in [6.45, 7) is 5.19. The van der Waals surface area contributed by atoms with Crippen LogP contribution in [0.25, 0.3) is 0 Å². The number of amides is 1. The highest BCUT2D eigenvalue weighted by atomic mass is 16.5. The molecule has 0 bridgehead atoms. The summed E-state index contributed by atoms with van der Waals surface area (Å²) >= 11 is 0. The summed E-state index contributed by atoms with van der Waals surface area (Å²) in [4.78, 5) is 28.6. The van der Waals surface area contributed by atoms with Crippen molar-refractivity contribution in [3.05, 3.63) is 0 Å². The van der Waals surface area contributed by atoms with Gasteiger partial charge >= 0.3 is 5.97 Å². The van der Waals surface area contributed by atoms with Crippen LogP contribution in [0.15, 0.2) is 0 Å². The first-order valence-corrected chi connectivity index (χ1v) is 8.17. The van der Waals surface area contributed by atoms with E-state index in [1.54, 1.807) is 0 Å². The molecule has 1 saturated carbocycles. The Labute approximate surface area is 127 Å². The molecule has 120 valence electrons. The Bertz CT molecular complexity index is 378. The highest BCUT2D eigenvalue weighted by molar-refractivity contribution is 5.83. The minimum atomic E-state index is -0.239. The molecular weight excluding hydrogens is 268 g/mol. The van der Waals surface area contributed by atoms with Gasteiger partial charge in [0, 0.05) is 18.6 Å². The van der Waals surface area contributed by atoms with Gasteiger partial charge in [-0.05, 0) is 39.5 Å². The maximum Gasteiger partial charge on any atom is 0.319 e. The fraction of sp³-hybridized carbons (Fsp3) is 0.875. The molecule has 1 heterocycles. The van der Waals surface area contributed by atoms with Gasteiger partial charge in [0.1, 0.15) is 0 Å². The fourth-order valence-electron chi connectivity index (χ4n) is 3.64. The molecular formula is C16H28N2O3. The summed E-state index contributed by atoms with van der Waals surface area (Å²) in [6, 6.07) is 0.428. The zero-order chi connectivity index (χ0) is 15.4. The molecule has 2 fully saturated rings. The van der Waals surface area contributed by atoms with Gasteiger partial charge in [-0.25, -0.2) is 0 Å². The number of ether oxygens (including phenoxy) is 1. The number of esters is 1. The fourth-order valence-corrected chi connectivity index (χ4v) is 3.64. The molecule has 2 aliphatic rings. The first-order valence-electron chi connectivity index (χ1n) is 8.17. The third-order valence-electron chi connectivity index (χ3n) is 4.80. The lowest BCUT2D eigenvalue weighted by atomic mass is 9.99. The van der Waals surface area contributed by atoms with E-state index in [-0.39, 0.29) is 30.5 Å². The Hall–Kier alpha value is -1.10. The van der Waals surface area contributed by atoms with Gasteiger partial charge < -0.3 is 9.64 Å². The molecule has 0 aromatic heterocycles. The number of likely N-dealkylation sites (tertiary alicyclic amines) is 1. The van der Waals surface area contributed by atoms with E-state index in [2.05, 4.69) is 18.7 Å². The van der Waals surface area contributed by atoms with Crippen LogP contribution in [0.5, 0.6) is 0 Å². The average Bonchev–Trinajstić information content (AvgIpc) is 2.98. The first-order chi connectivity index (χ1) is 10.0. The summed E-state index contributed by atoms with van der Waals surface area (Å²) in [5.41, 5.74) is 0. The molecule has 0 aromatic carbocycles. The molecule has 1 aliphatic heterocycles. The quantitative estimate of drug-likeness (QED) is 0.726. The molecule has 1 atom stereocenters. The number of hydrogen-bond acceptors (Lipinski definition) is 4. The molecule has 5 heteroatoms. The molecule has 1 aliphatic carbocycles. The van der Waals surface area contributed by atoms with E-state index in [0.717, 1.165) is 32.2 Å². The van der Waals surface area contributed by atoms with Crippen molar-refractivity contribution >= 4 is 11.9 Å². The van der Waals surface area contributed by atoms with Crippen molar-refractivity contribution in [3.63, 3.8) is 0 Å². The summed E-state index contributed by atoms with van der Waals surface area (Å²) in [5.74, 6) is -0.0524. The van der Waals surface area contributed by atoms with Crippen LogP contribution in [0, 0.1) is 0 Å². The SMILES string of the molecule is COC(=O)CN(C1CCCC1)[C@H]1CCCN(C(C)C)C1=O. The number of piperidine rings is 1. The lowest BCUT2D eigenvalue weighted by Crippen LogP contribution is -2.57. The van der Waals surface area contributed by atoms with Crippen molar-refractivity contribution < 1.29 is 14.3 Å². The van der Waals surface area contributed by atoms with Crippen LogP contribution in [-0.2, 0) is 14.3 Å². The van der Waals surface area contributed by atoms with E-state index in [0.29, 0.717) is 6.04 Å². The van der Waals surface area contributed by atoms with E-state index in [4.69, 9.17) is 4.74 Å². The van der Waals surface area contributed by atoms with Crippen LogP contribution in [0.2, 0.25) is 0 Å². The molecule has 21 heavy (non-hydrogen) atoms. The van der Waals surface area contributed by atoms with Gasteiger partial charge in [0.15, 0.2) is 0 Å². The van der Waals surface area contributed by atoms with Crippen LogP contribution >= 0.6 is 0 Å². The van der Waals surface area contributed by atoms with Crippen LogP contribution < -0.4 is 0 Å². The Morgan fingerprint density at radius 2 is 1.95 bits per heavy atom. The molecule has 0 unspecified atom stereocenters. The number of methoxy groups -OCH3 is 1. The minimum Gasteiger partial charge on any atom is -0.468 e. The van der Waals surface area contributed by atoms with E-state index in [1.807, 2.05) is 4.90 Å². The Morgan fingerprint density at radius 1 is 1.29 bits per heavy atom. The van der Waals surface area contributed by atoms with E-state index < -0.39 is 0 Å². The van der Waals surface area contributed by atoms with Gasteiger partial charge in [-0.2, -0.15) is 0 Å². The largest absolute Gasteiger partial charge is 0.468 e. The second kappa shape index (κ2) is 7.25. The van der Waals surface area contributed by atoms with Crippen molar-refractivity contribution in [2.45, 2.75) is 70.5 Å². The van der Waals surface area contributed by atoms with Crippen molar-refractivity contribution in [1.82, 2.24) is 9.80 Å². The van der Waals surface area contributed by atoms with Gasteiger partial charge in [-0.15, -0.1) is 0 Å². The number of hydrogen-bond donors (Lipinski definition) is 0. The number of carbonyl (C=O) groups excluding carboxylic acids is 2. The lowest BCUT2D eigenvalue weighted by Gasteiger charge is -2.42. The number of nitrogens with zero attached hydrogens (tertiary/aromatic N) is 2. The molecule has 5 nitrogen and oxygen atoms in total. The van der Waals surface area contributed by atoms with Gasteiger partial charge in [0.25, 0.3) is 0 Å². The molecule has 0 aromatic rings. The standard InChI is InChI=1S/C16H28N2O3/c1-12(2)17-10-6-9-14(16(17)20)18(11-15(19)21-3)13-7-4-5-8-13/h12-14H,4-11H2,1-3H3/t14-/m0/s1. The molecule has 0 radical (unpaired) electrons. The van der Waals surface area contributed by atoms with Gasteiger partial charge in [-0.1, -0.05) is 12.8 Å². The number of rotatable bonds is 5. The van der Waals surface area contributed by atoms with Crippen molar-refractivity contribution in [3.8, 4) is 0 Å². The monoisotopic (exact) mass is 296 g/mol. The molecule has 0 spiro atoms. The topological polar surface area (TPSA) is 49.9 Å². The predicted molar refractivity (Wildman–Crippen MR) is 80.8 cm³/mol. The molecule has 0 N–H and O–H groups in total. The molecule has 1 amide bonds. The van der Waals surface area contributed by atoms with Crippen LogP contribution in [0.4, 0.5) is 0 Å². The van der Waals surface area contributed by atoms with Crippen LogP contribution in [-0.4, -0.2) is 60.0 Å². The van der Waals surface area contributed by atoms with Gasteiger partial charge in [-0.3, -0.25) is 14.5 Å². The van der Waals surface area contributed by atoms with E-state index in [9.17, 15) is 9.59 Å². The highest BCUT2D eigenvalue weighted by Gasteiger charge is 2.39. The Balaban J connectivity index is 2.14. The van der Waals surface area contributed by atoms with Crippen molar-refractivity contribution in [2.24, 2.45) is 0 Å². The number of carbonyl (C=O) groups is 2. The van der Waals surface area contributed by atoms with E-state index >= 15 is 0 Å². The third-order valence-corrected chi connectivity index (χ3v) is 4.80. The highest BCUT2D eigenvalue weighted by Crippen LogP contribution is 2.29. The Morgan fingerprint density at radius 3 is 2.52 bits per heavy atom. The normalized spacial score (nSPS) is 24.1. The minimum absolute atomic E-state index is 0.150. The third kappa shape index (κ3) is 3.76. The van der Waals surface area contributed by atoms with Crippen LogP contribution in [0.3, 0.4) is 0 Å². The van der Waals surface area contributed by atoms with Gasteiger partial charge in [0.05, 0.1) is 19.7 Å². The summed E-state index contributed by atoms with van der Waals surface area (Å²) in [5, 5.41) is 0. The lowest BCUT2D eigenvalue weighted by molar-refractivity contribution is -0.149. The van der Waals surface area contributed by atoms with Crippen LogP contribution in [0.1, 0.15) is 52.4 Å². The van der Waals surface area contributed by atoms with E-state index in [1.165, 1.54) is 20.0 Å². The maximum atomic E-state index is 12.8. The smallest absolute Gasteiger partial charge is 0.319 e. The average molecular weight is 296 g/mol. The zero-order valence-electron chi connectivity index (χ0n) is 13.5. The van der Waals surface area contributed by atoms with Crippen molar-refractivity contribution in [1.29, 1.82) is 0 Å². The van der Waals surface area contributed by atoms with Gasteiger partial charge in [0.2, 0.25) is 5.91 Å².